The number of nitrogens with one attached hydrogen (secondary N) is 4. The van der Waals surface area contributed by atoms with Crippen molar-refractivity contribution in [3.63, 3.8) is 0 Å². The zero-order valence-electron chi connectivity index (χ0n) is 49.1. The monoisotopic (exact) mass is 1230 g/mol. The lowest BCUT2D eigenvalue weighted by molar-refractivity contribution is -0.384. The Morgan fingerprint density at radius 3 is 2.50 bits per heavy atom. The first-order valence-electron chi connectivity index (χ1n) is 29.8. The van der Waals surface area contributed by atoms with Crippen LogP contribution in [0.2, 0.25) is 5.02 Å². The van der Waals surface area contributed by atoms with E-state index in [1.807, 2.05) is 18.2 Å². The van der Waals surface area contributed by atoms with Crippen LogP contribution in [-0.2, 0) is 24.3 Å². The van der Waals surface area contributed by atoms with Crippen molar-refractivity contribution in [3.05, 3.63) is 152 Å². The van der Waals surface area contributed by atoms with Gasteiger partial charge < -0.3 is 29.6 Å². The highest BCUT2D eigenvalue weighted by Crippen LogP contribution is 2.44. The van der Waals surface area contributed by atoms with E-state index in [1.165, 1.54) is 47.2 Å². The number of carbonyl (C=O) groups excluding carboxylic acids is 5. The molecule has 5 aliphatic rings. The number of anilines is 2. The SMILES string of the molecule is CC1(C)CCC(CN2CCN(c3ccc(C(=O)NS(=O)(=O)c4ccc(NCC5CCCN(CCCOCCC#Cc6ccc7c(c6)C(=O)N(C6CCC(=O)NC6=O)C7=O)C5)c([N+](=O)[O-])c4)c(Oc4cnc5[nH]ccc5c4)c3)CC2)=C(c2ccc(Cl)cc2)C1. The van der Waals surface area contributed by atoms with E-state index in [0.717, 1.165) is 99.8 Å². The molecule has 0 saturated carbocycles. The molecular weight excluding hydrogens is 1160 g/mol. The summed E-state index contributed by atoms with van der Waals surface area (Å²) in [6, 6.07) is 24.0. The second-order valence-corrected chi connectivity index (χ2v) is 26.0. The van der Waals surface area contributed by atoms with Gasteiger partial charge in [0.05, 0.1) is 39.3 Å². The maximum Gasteiger partial charge on any atom is 0.293 e. The van der Waals surface area contributed by atoms with Crippen LogP contribution < -0.4 is 25.0 Å². The predicted molar refractivity (Wildman–Crippen MR) is 333 cm³/mol. The first-order valence-corrected chi connectivity index (χ1v) is 31.6. The Labute approximate surface area is 515 Å². The summed E-state index contributed by atoms with van der Waals surface area (Å²) in [5.74, 6) is 3.39. The van der Waals surface area contributed by atoms with Crippen LogP contribution in [0.4, 0.5) is 17.1 Å². The van der Waals surface area contributed by atoms with Crippen LogP contribution in [0.25, 0.3) is 16.6 Å². The number of piperazine rings is 1. The van der Waals surface area contributed by atoms with Crippen molar-refractivity contribution in [2.45, 2.75) is 82.6 Å². The van der Waals surface area contributed by atoms with Crippen LogP contribution in [0, 0.1) is 33.3 Å². The first kappa shape index (κ1) is 61.2. The van der Waals surface area contributed by atoms with Gasteiger partial charge in [0.1, 0.15) is 28.9 Å². The van der Waals surface area contributed by atoms with Gasteiger partial charge in [-0.05, 0) is 141 Å². The minimum Gasteiger partial charge on any atom is -0.455 e. The van der Waals surface area contributed by atoms with Gasteiger partial charge in [0.2, 0.25) is 11.8 Å². The number of nitrogens with zero attached hydrogens (tertiary/aromatic N) is 6. The van der Waals surface area contributed by atoms with Crippen LogP contribution in [0.15, 0.2) is 114 Å². The average molecular weight is 1230 g/mol. The number of aromatic nitrogens is 2. The summed E-state index contributed by atoms with van der Waals surface area (Å²) in [6.07, 6.45) is 9.53. The Morgan fingerprint density at radius 1 is 0.898 bits per heavy atom. The van der Waals surface area contributed by atoms with E-state index < -0.39 is 61.1 Å². The van der Waals surface area contributed by atoms with E-state index in [-0.39, 0.29) is 52.3 Å². The fourth-order valence-corrected chi connectivity index (χ4v) is 13.4. The number of hydrogen-bond donors (Lipinski definition) is 4. The largest absolute Gasteiger partial charge is 0.455 e. The number of carbonyl (C=O) groups is 5. The highest BCUT2D eigenvalue weighted by atomic mass is 35.5. The molecule has 2 atom stereocenters. The smallest absolute Gasteiger partial charge is 0.293 e. The summed E-state index contributed by atoms with van der Waals surface area (Å²) >= 11 is 6.27. The topological polar surface area (TPSA) is 259 Å². The van der Waals surface area contributed by atoms with Crippen LogP contribution in [-0.4, -0.2) is 146 Å². The van der Waals surface area contributed by atoms with Crippen molar-refractivity contribution in [2.24, 2.45) is 11.3 Å². The number of imide groups is 2. The molecule has 23 heteroatoms. The maximum atomic E-state index is 14.2. The summed E-state index contributed by atoms with van der Waals surface area (Å²) < 4.78 is 42.4. The highest BCUT2D eigenvalue weighted by molar-refractivity contribution is 7.90. The van der Waals surface area contributed by atoms with E-state index in [4.69, 9.17) is 21.1 Å². The molecular formula is C65H69ClN10O11S. The number of benzene rings is 4. The number of fused-ring (bicyclic) bond motifs is 2. The fraction of sp³-hybridized carbons (Fsp3) is 0.385. The number of nitro groups is 1. The molecule has 0 radical (unpaired) electrons. The van der Waals surface area contributed by atoms with Crippen LogP contribution in [0.1, 0.15) is 114 Å². The number of allylic oxidation sites excluding steroid dienone is 1. The molecule has 6 aromatic rings. The van der Waals surface area contributed by atoms with Gasteiger partial charge in [-0.3, -0.25) is 49.2 Å². The second-order valence-electron chi connectivity index (χ2n) is 23.8. The lowest BCUT2D eigenvalue weighted by Crippen LogP contribution is -2.54. The molecule has 21 nitrogen and oxygen atoms in total. The number of likely N-dealkylation sites (tertiary alicyclic amines) is 1. The van der Waals surface area contributed by atoms with E-state index in [9.17, 15) is 42.5 Å². The Bertz CT molecular complexity index is 3920. The molecule has 4 N–H and O–H groups in total. The number of aromatic amines is 1. The minimum absolute atomic E-state index is 0.0392. The van der Waals surface area contributed by atoms with Crippen molar-refractivity contribution in [1.82, 2.24) is 34.7 Å². The van der Waals surface area contributed by atoms with E-state index >= 15 is 0 Å². The number of amides is 5. The van der Waals surface area contributed by atoms with Crippen LogP contribution in [0.3, 0.4) is 0 Å². The summed E-state index contributed by atoms with van der Waals surface area (Å²) in [5, 5.41) is 19.4. The molecule has 5 amide bonds. The third kappa shape index (κ3) is 14.3. The highest BCUT2D eigenvalue weighted by Gasteiger charge is 2.45. The third-order valence-corrected chi connectivity index (χ3v) is 18.6. The number of halogens is 1. The molecule has 2 unspecified atom stereocenters. The molecule has 458 valence electrons. The number of pyridine rings is 1. The summed E-state index contributed by atoms with van der Waals surface area (Å²) in [6.45, 7) is 12.2. The van der Waals surface area contributed by atoms with Crippen molar-refractivity contribution in [3.8, 4) is 23.3 Å². The van der Waals surface area contributed by atoms with Gasteiger partial charge in [-0.25, -0.2) is 18.1 Å². The summed E-state index contributed by atoms with van der Waals surface area (Å²) in [5.41, 5.74) is 6.22. The Balaban J connectivity index is 0.669. The van der Waals surface area contributed by atoms with Crippen LogP contribution >= 0.6 is 11.6 Å². The zero-order chi connectivity index (χ0) is 61.7. The van der Waals surface area contributed by atoms with Gasteiger partial charge in [-0.1, -0.05) is 55.0 Å². The van der Waals surface area contributed by atoms with Gasteiger partial charge in [-0.15, -0.1) is 0 Å². The number of ether oxygens (including phenoxy) is 2. The zero-order valence-corrected chi connectivity index (χ0v) is 50.6. The minimum atomic E-state index is -4.65. The van der Waals surface area contributed by atoms with E-state index in [0.29, 0.717) is 61.3 Å². The molecule has 2 aromatic heterocycles. The third-order valence-electron chi connectivity index (χ3n) is 17.0. The molecule has 1 aliphatic carbocycles. The number of sulfonamides is 1. The number of nitro benzene ring substituents is 1. The molecule has 88 heavy (non-hydrogen) atoms. The number of H-pyrrole nitrogens is 1. The van der Waals surface area contributed by atoms with Crippen molar-refractivity contribution >= 4 is 84.8 Å². The average Bonchev–Trinajstić information content (AvgIpc) is 2.35. The second kappa shape index (κ2) is 26.5. The maximum absolute atomic E-state index is 14.2. The van der Waals surface area contributed by atoms with Crippen molar-refractivity contribution < 1.29 is 46.8 Å². The first-order chi connectivity index (χ1) is 42.3. The summed E-state index contributed by atoms with van der Waals surface area (Å²) in [4.78, 5) is 91.2. The molecule has 0 spiro atoms. The van der Waals surface area contributed by atoms with Crippen molar-refractivity contribution in [1.29, 1.82) is 0 Å². The van der Waals surface area contributed by atoms with Crippen molar-refractivity contribution in [2.75, 3.05) is 82.3 Å². The Kier molecular flexibility index (Phi) is 18.4. The molecule has 4 aromatic carbocycles. The molecule has 4 aliphatic heterocycles. The van der Waals surface area contributed by atoms with E-state index in [2.05, 4.69) is 77.8 Å². The molecule has 6 heterocycles. The van der Waals surface area contributed by atoms with Gasteiger partial charge in [0.15, 0.2) is 0 Å². The normalized spacial score (nSPS) is 19.1. The molecule has 0 bridgehead atoms. The number of rotatable bonds is 20. The molecule has 3 fully saturated rings. The van der Waals surface area contributed by atoms with Gasteiger partial charge in [-0.2, -0.15) is 0 Å². The number of hydrogen-bond acceptors (Lipinski definition) is 16. The lowest BCUT2D eigenvalue weighted by Gasteiger charge is -2.39. The van der Waals surface area contributed by atoms with Gasteiger partial charge in [0, 0.05) is 112 Å². The lowest BCUT2D eigenvalue weighted by atomic mass is 9.72. The summed E-state index contributed by atoms with van der Waals surface area (Å²) in [7, 11) is -4.65. The van der Waals surface area contributed by atoms with E-state index in [1.54, 1.807) is 36.5 Å². The standard InChI is InChI=1S/C65H69ClN10O11S/c1-65(2)23-21-46(54(37-65)44-10-12-47(66)13-11-44)41-73-27-29-74(30-28-73)48-14-17-52(58(35-48)87-49-34-45-22-24-67-60(45)69-39-49)61(78)71-88(84,85)50-15-18-55(57(36-50)76(82)83)68-38-43-8-5-25-72(40-43)26-6-32-86-31-4-3-7-42-9-16-51-53(33-42)64(81)75(63(51)80)56-19-20-59(77)70-62(56)79/h9-18,22,24,33-36,39,43,56,68H,4-6,8,19-21,23,25-32,37-38,40-41H2,1-2H3,(H,67,69)(H,71,78)(H,70,77,79). The predicted octanol–water partition coefficient (Wildman–Crippen LogP) is 9.20. The van der Waals surface area contributed by atoms with Gasteiger partial charge >= 0.3 is 0 Å². The Morgan fingerprint density at radius 2 is 1.70 bits per heavy atom. The fourth-order valence-electron chi connectivity index (χ4n) is 12.3. The Hall–Kier alpha value is -8.46. The molecule has 11 rings (SSSR count). The quantitative estimate of drug-likeness (QED) is 0.0183. The molecule has 3 saturated heterocycles. The number of piperidine rings is 2. The van der Waals surface area contributed by atoms with Crippen LogP contribution in [0.5, 0.6) is 11.5 Å². The van der Waals surface area contributed by atoms with Gasteiger partial charge in [0.25, 0.3) is 33.4 Å².